The van der Waals surface area contributed by atoms with Crippen molar-refractivity contribution in [2.75, 3.05) is 39.9 Å². The Labute approximate surface area is 133 Å². The number of amides is 2. The zero-order chi connectivity index (χ0) is 16.2. The quantitative estimate of drug-likeness (QED) is 0.891. The molecule has 0 bridgehead atoms. The Morgan fingerprint density at radius 1 is 1.39 bits per heavy atom. The van der Waals surface area contributed by atoms with Crippen LogP contribution >= 0.6 is 0 Å². The lowest BCUT2D eigenvalue weighted by Gasteiger charge is -2.28. The Bertz CT molecular complexity index is 673. The lowest BCUT2D eigenvalue weighted by atomic mass is 10.3. The molecule has 0 atom stereocenters. The molecule has 1 N–H and O–H groups in total. The smallest absolute Gasteiger partial charge is 0.274 e. The van der Waals surface area contributed by atoms with E-state index in [2.05, 4.69) is 10.2 Å². The van der Waals surface area contributed by atoms with Gasteiger partial charge in [-0.3, -0.25) is 14.7 Å². The third-order valence-corrected chi connectivity index (χ3v) is 3.67. The number of nitrogens with one attached hydrogen (secondary N) is 1. The van der Waals surface area contributed by atoms with Gasteiger partial charge in [-0.2, -0.15) is 5.10 Å². The molecule has 23 heavy (non-hydrogen) atoms. The van der Waals surface area contributed by atoms with E-state index in [0.29, 0.717) is 37.8 Å². The van der Waals surface area contributed by atoms with Crippen LogP contribution in [0, 0.1) is 0 Å². The van der Waals surface area contributed by atoms with Gasteiger partial charge in [0.1, 0.15) is 5.69 Å². The van der Waals surface area contributed by atoms with Gasteiger partial charge in [-0.25, -0.2) is 0 Å². The van der Waals surface area contributed by atoms with E-state index in [1.54, 1.807) is 36.4 Å². The van der Waals surface area contributed by atoms with Crippen LogP contribution in [0.15, 0.2) is 28.9 Å². The monoisotopic (exact) mass is 318 g/mol. The summed E-state index contributed by atoms with van der Waals surface area (Å²) in [4.78, 5) is 27.6. The number of morpholine rings is 1. The highest BCUT2D eigenvalue weighted by atomic mass is 16.5. The van der Waals surface area contributed by atoms with Crippen LogP contribution < -0.4 is 0 Å². The predicted octanol–water partition coefficient (Wildman–Crippen LogP) is 0.600. The highest BCUT2D eigenvalue weighted by Crippen LogP contribution is 2.18. The maximum absolute atomic E-state index is 12.4. The van der Waals surface area contributed by atoms with Crippen LogP contribution in [0.2, 0.25) is 0 Å². The summed E-state index contributed by atoms with van der Waals surface area (Å²) >= 11 is 0. The molecule has 0 aliphatic carbocycles. The Kier molecular flexibility index (Phi) is 4.42. The highest BCUT2D eigenvalue weighted by Gasteiger charge is 2.22. The Balaban J connectivity index is 1.62. The molecular formula is C15H18N4O4. The molecule has 1 fully saturated rings. The summed E-state index contributed by atoms with van der Waals surface area (Å²) in [5.41, 5.74) is 0.861. The third kappa shape index (κ3) is 3.42. The normalized spacial score (nSPS) is 14.7. The molecule has 8 nitrogen and oxygen atoms in total. The lowest BCUT2D eigenvalue weighted by molar-refractivity contribution is -0.135. The average molecular weight is 318 g/mol. The van der Waals surface area contributed by atoms with Crippen molar-refractivity contribution in [1.29, 1.82) is 0 Å². The maximum atomic E-state index is 12.4. The third-order valence-electron chi connectivity index (χ3n) is 3.67. The second-order valence-corrected chi connectivity index (χ2v) is 5.30. The van der Waals surface area contributed by atoms with E-state index < -0.39 is 0 Å². The second kappa shape index (κ2) is 6.66. The molecule has 122 valence electrons. The number of aromatic nitrogens is 2. The van der Waals surface area contributed by atoms with Crippen molar-refractivity contribution in [3.05, 3.63) is 30.2 Å². The van der Waals surface area contributed by atoms with Gasteiger partial charge in [-0.1, -0.05) is 0 Å². The van der Waals surface area contributed by atoms with Crippen molar-refractivity contribution < 1.29 is 18.7 Å². The zero-order valence-electron chi connectivity index (χ0n) is 12.8. The molecule has 3 rings (SSSR count). The molecule has 0 radical (unpaired) electrons. The lowest BCUT2D eigenvalue weighted by Crippen LogP contribution is -2.46. The number of carbonyl (C=O) groups excluding carboxylic acids is 2. The van der Waals surface area contributed by atoms with E-state index >= 15 is 0 Å². The van der Waals surface area contributed by atoms with Crippen molar-refractivity contribution in [1.82, 2.24) is 20.0 Å². The average Bonchev–Trinajstić information content (AvgIpc) is 3.26. The van der Waals surface area contributed by atoms with Gasteiger partial charge in [0.15, 0.2) is 11.5 Å². The summed E-state index contributed by atoms with van der Waals surface area (Å²) in [6, 6.07) is 5.13. The number of H-pyrrole nitrogens is 1. The molecule has 0 saturated carbocycles. The van der Waals surface area contributed by atoms with Gasteiger partial charge in [0.05, 0.1) is 26.0 Å². The van der Waals surface area contributed by atoms with Crippen molar-refractivity contribution in [3.8, 4) is 11.5 Å². The fourth-order valence-electron chi connectivity index (χ4n) is 2.37. The summed E-state index contributed by atoms with van der Waals surface area (Å²) in [5, 5.41) is 6.75. The van der Waals surface area contributed by atoms with Crippen LogP contribution in [0.3, 0.4) is 0 Å². The van der Waals surface area contributed by atoms with E-state index in [1.807, 2.05) is 0 Å². The molecule has 8 heteroatoms. The molecule has 2 amide bonds. The Hall–Kier alpha value is -2.61. The maximum Gasteiger partial charge on any atom is 0.274 e. The fraction of sp³-hybridized carbons (Fsp3) is 0.400. The first-order valence-electron chi connectivity index (χ1n) is 7.35. The molecule has 1 aliphatic heterocycles. The fourth-order valence-corrected chi connectivity index (χ4v) is 2.37. The molecule has 2 aromatic rings. The van der Waals surface area contributed by atoms with Crippen LogP contribution in [-0.4, -0.2) is 71.7 Å². The Morgan fingerprint density at radius 2 is 2.17 bits per heavy atom. The summed E-state index contributed by atoms with van der Waals surface area (Å²) in [6.07, 6.45) is 1.55. The number of rotatable bonds is 4. The van der Waals surface area contributed by atoms with Crippen LogP contribution in [-0.2, 0) is 9.53 Å². The molecule has 0 unspecified atom stereocenters. The van der Waals surface area contributed by atoms with E-state index in [9.17, 15) is 9.59 Å². The van der Waals surface area contributed by atoms with Crippen LogP contribution in [0.5, 0.6) is 0 Å². The Morgan fingerprint density at radius 3 is 2.87 bits per heavy atom. The first kappa shape index (κ1) is 15.3. The number of hydrogen-bond acceptors (Lipinski definition) is 5. The SMILES string of the molecule is CN(CC(=O)N1CCOCC1)C(=O)c1cc(-c2ccco2)[nH]n1. The van der Waals surface area contributed by atoms with E-state index in [1.165, 1.54) is 4.90 Å². The van der Waals surface area contributed by atoms with E-state index in [-0.39, 0.29) is 24.1 Å². The number of ether oxygens (including phenoxy) is 1. The van der Waals surface area contributed by atoms with Gasteiger partial charge >= 0.3 is 0 Å². The first-order valence-corrected chi connectivity index (χ1v) is 7.35. The van der Waals surface area contributed by atoms with Gasteiger partial charge in [0.2, 0.25) is 5.91 Å². The first-order chi connectivity index (χ1) is 11.1. The number of hydrogen-bond donors (Lipinski definition) is 1. The summed E-state index contributed by atoms with van der Waals surface area (Å²) in [5.74, 6) is 0.190. The van der Waals surface area contributed by atoms with Crippen molar-refractivity contribution in [2.45, 2.75) is 0 Å². The van der Waals surface area contributed by atoms with Crippen molar-refractivity contribution >= 4 is 11.8 Å². The number of furan rings is 1. The minimum atomic E-state index is -0.319. The molecule has 1 aliphatic rings. The topological polar surface area (TPSA) is 91.7 Å². The highest BCUT2D eigenvalue weighted by molar-refractivity contribution is 5.95. The summed E-state index contributed by atoms with van der Waals surface area (Å²) < 4.78 is 10.5. The number of aromatic amines is 1. The van der Waals surface area contributed by atoms with Gasteiger partial charge < -0.3 is 19.0 Å². The second-order valence-electron chi connectivity index (χ2n) is 5.30. The van der Waals surface area contributed by atoms with Crippen LogP contribution in [0.4, 0.5) is 0 Å². The number of nitrogens with zero attached hydrogens (tertiary/aromatic N) is 3. The van der Waals surface area contributed by atoms with Crippen molar-refractivity contribution in [2.24, 2.45) is 0 Å². The molecule has 3 heterocycles. The number of likely N-dealkylation sites (N-methyl/N-ethyl adjacent to an activating group) is 1. The van der Waals surface area contributed by atoms with Gasteiger partial charge in [0.25, 0.3) is 5.91 Å². The molecule has 0 aromatic carbocycles. The summed E-state index contributed by atoms with van der Waals surface area (Å²) in [7, 11) is 1.59. The van der Waals surface area contributed by atoms with Crippen LogP contribution in [0.25, 0.3) is 11.5 Å². The van der Waals surface area contributed by atoms with E-state index in [0.717, 1.165) is 0 Å². The molecule has 2 aromatic heterocycles. The van der Waals surface area contributed by atoms with Gasteiger partial charge in [0, 0.05) is 26.2 Å². The largest absolute Gasteiger partial charge is 0.463 e. The van der Waals surface area contributed by atoms with Crippen molar-refractivity contribution in [3.63, 3.8) is 0 Å². The molecule has 1 saturated heterocycles. The molecular weight excluding hydrogens is 300 g/mol. The molecule has 0 spiro atoms. The van der Waals surface area contributed by atoms with Gasteiger partial charge in [-0.05, 0) is 12.1 Å². The number of carbonyl (C=O) groups is 2. The summed E-state index contributed by atoms with van der Waals surface area (Å²) in [6.45, 7) is 2.21. The van der Waals surface area contributed by atoms with Gasteiger partial charge in [-0.15, -0.1) is 0 Å². The standard InChI is InChI=1S/C15H18N4O4/c1-18(10-14(20)19-4-7-22-8-5-19)15(21)12-9-11(16-17-12)13-3-2-6-23-13/h2-3,6,9H,4-5,7-8,10H2,1H3,(H,16,17). The minimum Gasteiger partial charge on any atom is -0.463 e. The zero-order valence-corrected chi connectivity index (χ0v) is 12.8. The van der Waals surface area contributed by atoms with Crippen LogP contribution in [0.1, 0.15) is 10.5 Å². The predicted molar refractivity (Wildman–Crippen MR) is 80.6 cm³/mol. The minimum absolute atomic E-state index is 0.0157. The van der Waals surface area contributed by atoms with E-state index in [4.69, 9.17) is 9.15 Å².